The average Bonchev–Trinajstić information content (AvgIpc) is 2.84. The summed E-state index contributed by atoms with van der Waals surface area (Å²) in [6.45, 7) is 1.59. The zero-order chi connectivity index (χ0) is 27.9. The highest BCUT2D eigenvalue weighted by Gasteiger charge is 2.38. The van der Waals surface area contributed by atoms with E-state index in [1.54, 1.807) is 6.20 Å². The van der Waals surface area contributed by atoms with Crippen LogP contribution in [0.1, 0.15) is 12.8 Å². The molecule has 4 rings (SSSR count). The van der Waals surface area contributed by atoms with Crippen molar-refractivity contribution in [2.24, 2.45) is 0 Å². The number of carboxylic acids is 1. The minimum atomic E-state index is -5.08. The molecule has 2 heterocycles. The van der Waals surface area contributed by atoms with E-state index < -0.39 is 24.5 Å². The Morgan fingerprint density at radius 3 is 2.13 bits per heavy atom. The van der Waals surface area contributed by atoms with Gasteiger partial charge in [0.2, 0.25) is 0 Å². The number of rotatable bonds is 4. The Bertz CT molecular complexity index is 1240. The number of pyridine rings is 1. The minimum absolute atomic E-state index is 0.0113. The van der Waals surface area contributed by atoms with E-state index >= 15 is 0 Å². The summed E-state index contributed by atoms with van der Waals surface area (Å²) in [7, 11) is 0. The fourth-order valence-electron chi connectivity index (χ4n) is 3.71. The van der Waals surface area contributed by atoms with Crippen LogP contribution in [0.4, 0.5) is 42.5 Å². The normalized spacial score (nSPS) is 14.3. The van der Waals surface area contributed by atoms with Crippen LogP contribution in [0.2, 0.25) is 0 Å². The molecule has 0 spiro atoms. The molecule has 8 nitrogen and oxygen atoms in total. The van der Waals surface area contributed by atoms with Gasteiger partial charge in [-0.1, -0.05) is 18.2 Å². The molecule has 0 aliphatic carbocycles. The molecular weight excluding hydrogens is 522 g/mol. The van der Waals surface area contributed by atoms with E-state index in [1.165, 1.54) is 12.1 Å². The van der Waals surface area contributed by atoms with E-state index in [2.05, 4.69) is 31.3 Å². The number of aromatic nitrogens is 1. The lowest BCUT2D eigenvalue weighted by Gasteiger charge is -2.34. The third kappa shape index (κ3) is 8.42. The Labute approximate surface area is 212 Å². The van der Waals surface area contributed by atoms with E-state index in [9.17, 15) is 31.1 Å². The predicted molar refractivity (Wildman–Crippen MR) is 126 cm³/mol. The zero-order valence-corrected chi connectivity index (χ0v) is 19.5. The van der Waals surface area contributed by atoms with Gasteiger partial charge in [0.05, 0.1) is 5.52 Å². The lowest BCUT2D eigenvalue weighted by atomic mass is 10.0. The van der Waals surface area contributed by atoms with Gasteiger partial charge in [-0.25, -0.2) is 9.59 Å². The number of hydrogen-bond acceptors (Lipinski definition) is 5. The van der Waals surface area contributed by atoms with E-state index in [-0.39, 0.29) is 11.8 Å². The number of anilines is 2. The fourth-order valence-corrected chi connectivity index (χ4v) is 3.71. The molecule has 2 amide bonds. The molecule has 3 N–H and O–H groups in total. The highest BCUT2D eigenvalue weighted by molar-refractivity contribution is 5.91. The number of hydrogen-bond donors (Lipinski definition) is 3. The van der Waals surface area contributed by atoms with Crippen LogP contribution in [-0.4, -0.2) is 53.8 Å². The van der Waals surface area contributed by atoms with E-state index in [4.69, 9.17) is 9.90 Å². The Balaban J connectivity index is 0.000000505. The number of para-hydroxylation sites is 1. The molecule has 1 aliphatic heterocycles. The van der Waals surface area contributed by atoms with Gasteiger partial charge in [0, 0.05) is 42.1 Å². The molecular formula is C24H22F6N4O4. The molecule has 38 heavy (non-hydrogen) atoms. The molecule has 3 aromatic rings. The van der Waals surface area contributed by atoms with Crippen molar-refractivity contribution in [1.29, 1.82) is 0 Å². The zero-order valence-electron chi connectivity index (χ0n) is 19.5. The van der Waals surface area contributed by atoms with Crippen molar-refractivity contribution in [2.75, 3.05) is 23.3 Å². The van der Waals surface area contributed by atoms with E-state index in [1.807, 2.05) is 24.3 Å². The summed E-state index contributed by atoms with van der Waals surface area (Å²) in [5.41, 5.74) is 2.47. The van der Waals surface area contributed by atoms with E-state index in [0.29, 0.717) is 5.69 Å². The highest BCUT2D eigenvalue weighted by Crippen LogP contribution is 2.28. The van der Waals surface area contributed by atoms with Crippen molar-refractivity contribution >= 4 is 34.3 Å². The molecule has 1 fully saturated rings. The molecule has 0 saturated carbocycles. The first kappa shape index (κ1) is 28.3. The van der Waals surface area contributed by atoms with Gasteiger partial charge in [0.1, 0.15) is 5.75 Å². The number of carbonyl (C=O) groups excluding carboxylic acids is 1. The monoisotopic (exact) mass is 544 g/mol. The third-order valence-corrected chi connectivity index (χ3v) is 5.39. The maximum Gasteiger partial charge on any atom is 0.573 e. The van der Waals surface area contributed by atoms with Gasteiger partial charge in [-0.2, -0.15) is 13.2 Å². The Morgan fingerprint density at radius 1 is 0.947 bits per heavy atom. The lowest BCUT2D eigenvalue weighted by Crippen LogP contribution is -2.46. The molecule has 2 aromatic carbocycles. The van der Waals surface area contributed by atoms with Gasteiger partial charge in [-0.05, 0) is 49.2 Å². The topological polar surface area (TPSA) is 104 Å². The summed E-state index contributed by atoms with van der Waals surface area (Å²) < 4.78 is 72.2. The van der Waals surface area contributed by atoms with Crippen LogP contribution in [-0.2, 0) is 4.79 Å². The first-order valence-electron chi connectivity index (χ1n) is 11.1. The number of nitrogens with one attached hydrogen (secondary N) is 2. The van der Waals surface area contributed by atoms with Crippen molar-refractivity contribution in [3.05, 3.63) is 60.8 Å². The summed E-state index contributed by atoms with van der Waals surface area (Å²) in [5, 5.41) is 13.8. The van der Waals surface area contributed by atoms with Crippen molar-refractivity contribution < 1.29 is 45.8 Å². The first-order valence-corrected chi connectivity index (χ1v) is 11.1. The third-order valence-electron chi connectivity index (χ3n) is 5.39. The number of aliphatic carboxylic acids is 1. The smallest absolute Gasteiger partial charge is 0.475 e. The molecule has 1 saturated heterocycles. The number of benzene rings is 2. The molecule has 0 radical (unpaired) electrons. The van der Waals surface area contributed by atoms with Gasteiger partial charge in [0.15, 0.2) is 0 Å². The predicted octanol–water partition coefficient (Wildman–Crippen LogP) is 5.56. The highest BCUT2D eigenvalue weighted by atomic mass is 19.4. The SMILES string of the molecule is O=C(Nc1ccc(OC(F)(F)F)cc1)NC1CCN(c2ccnc3ccccc23)CC1.O=C(O)C(F)(F)F. The molecule has 1 aromatic heterocycles. The fraction of sp³-hybridized carbons (Fsp3) is 0.292. The number of ether oxygens (including phenoxy) is 1. The average molecular weight is 544 g/mol. The van der Waals surface area contributed by atoms with Crippen LogP contribution < -0.4 is 20.3 Å². The van der Waals surface area contributed by atoms with Gasteiger partial charge in [0.25, 0.3) is 0 Å². The maximum absolute atomic E-state index is 12.3. The molecule has 14 heteroatoms. The number of urea groups is 1. The molecule has 0 bridgehead atoms. The number of nitrogens with zero attached hydrogens (tertiary/aromatic N) is 2. The standard InChI is InChI=1S/C22H21F3N4O2.C2HF3O2/c23-22(24,25)31-17-7-5-15(6-8-17)27-21(30)28-16-10-13-29(14-11-16)20-9-12-26-19-4-2-1-3-18(19)20;3-2(4,5)1(6)7/h1-9,12,16H,10-11,13-14H2,(H2,27,28,30);(H,6,7). The van der Waals surface area contributed by atoms with Crippen molar-refractivity contribution in [3.63, 3.8) is 0 Å². The molecule has 0 atom stereocenters. The summed E-state index contributed by atoms with van der Waals surface area (Å²) in [6, 6.07) is 14.7. The van der Waals surface area contributed by atoms with Gasteiger partial charge < -0.3 is 25.4 Å². The summed E-state index contributed by atoms with van der Waals surface area (Å²) in [5.74, 6) is -3.10. The number of carbonyl (C=O) groups is 2. The lowest BCUT2D eigenvalue weighted by molar-refractivity contribution is -0.274. The van der Waals surface area contributed by atoms with Crippen molar-refractivity contribution in [2.45, 2.75) is 31.4 Å². The number of carboxylic acid groups (broad SMARTS) is 1. The Kier molecular flexibility index (Phi) is 8.86. The second-order valence-electron chi connectivity index (χ2n) is 8.08. The maximum atomic E-state index is 12.3. The molecule has 1 aliphatic rings. The number of fused-ring (bicyclic) bond motifs is 1. The van der Waals surface area contributed by atoms with Crippen molar-refractivity contribution in [3.8, 4) is 5.75 Å². The van der Waals surface area contributed by atoms with Crippen LogP contribution in [0.5, 0.6) is 5.75 Å². The van der Waals surface area contributed by atoms with Crippen LogP contribution in [0.25, 0.3) is 10.9 Å². The Morgan fingerprint density at radius 2 is 1.55 bits per heavy atom. The number of alkyl halides is 6. The van der Waals surface area contributed by atoms with Crippen LogP contribution in [0.3, 0.4) is 0 Å². The quantitative estimate of drug-likeness (QED) is 0.372. The number of halogens is 6. The van der Waals surface area contributed by atoms with Gasteiger partial charge in [-0.3, -0.25) is 4.98 Å². The minimum Gasteiger partial charge on any atom is -0.475 e. The summed E-state index contributed by atoms with van der Waals surface area (Å²) in [6.07, 6.45) is -6.46. The largest absolute Gasteiger partial charge is 0.573 e. The first-order chi connectivity index (χ1) is 17.8. The van der Waals surface area contributed by atoms with E-state index in [0.717, 1.165) is 54.7 Å². The van der Waals surface area contributed by atoms with Crippen LogP contribution in [0, 0.1) is 0 Å². The number of piperidine rings is 1. The van der Waals surface area contributed by atoms with Crippen LogP contribution >= 0.6 is 0 Å². The second kappa shape index (κ2) is 11.9. The van der Waals surface area contributed by atoms with Crippen LogP contribution in [0.15, 0.2) is 60.8 Å². The Hall–Kier alpha value is -4.23. The van der Waals surface area contributed by atoms with Crippen molar-refractivity contribution in [1.82, 2.24) is 10.3 Å². The number of amides is 2. The second-order valence-corrected chi connectivity index (χ2v) is 8.08. The molecule has 0 unspecified atom stereocenters. The van der Waals surface area contributed by atoms with Gasteiger partial charge in [-0.15, -0.1) is 13.2 Å². The summed E-state index contributed by atoms with van der Waals surface area (Å²) >= 11 is 0. The van der Waals surface area contributed by atoms with Gasteiger partial charge >= 0.3 is 24.5 Å². The molecule has 204 valence electrons. The summed E-state index contributed by atoms with van der Waals surface area (Å²) in [4.78, 5) is 27.9.